The molecule has 0 aromatic heterocycles. The van der Waals surface area contributed by atoms with Crippen LogP contribution in [0, 0.1) is 5.92 Å². The first kappa shape index (κ1) is 18.3. The zero-order valence-electron chi connectivity index (χ0n) is 12.8. The van der Waals surface area contributed by atoms with Crippen LogP contribution < -0.4 is 10.6 Å². The van der Waals surface area contributed by atoms with Crippen LogP contribution in [0.25, 0.3) is 0 Å². The summed E-state index contributed by atoms with van der Waals surface area (Å²) in [5, 5.41) is 14.9. The maximum atomic E-state index is 12.6. The lowest BCUT2D eigenvalue weighted by Crippen LogP contribution is -2.47. The summed E-state index contributed by atoms with van der Waals surface area (Å²) in [5.41, 5.74) is -1.45. The molecule has 0 heterocycles. The summed E-state index contributed by atoms with van der Waals surface area (Å²) in [6.07, 6.45) is -4.41. The summed E-state index contributed by atoms with van der Waals surface area (Å²) >= 11 is 0. The normalized spacial score (nSPS) is 14.5. The number of amides is 2. The van der Waals surface area contributed by atoms with Crippen LogP contribution >= 0.6 is 0 Å². The molecule has 7 heteroatoms. The van der Waals surface area contributed by atoms with Gasteiger partial charge in [0.15, 0.2) is 0 Å². The van der Waals surface area contributed by atoms with E-state index < -0.39 is 23.4 Å². The number of hydrogen-bond acceptors (Lipinski definition) is 2. The number of urea groups is 1. The standard InChI is InChI=1S/C15H21F3N2O2/c1-10(2)14(3,22)9-20-13(21)19-8-11-5-4-6-12(7-11)15(16,17)18/h4-7,10,22H,8-9H2,1-3H3,(H2,19,20,21). The second-order valence-electron chi connectivity index (χ2n) is 5.75. The molecule has 2 amide bonds. The molecule has 0 saturated heterocycles. The fraction of sp³-hybridized carbons (Fsp3) is 0.533. The average molecular weight is 318 g/mol. The number of benzene rings is 1. The van der Waals surface area contributed by atoms with E-state index in [4.69, 9.17) is 0 Å². The Labute approximate surface area is 127 Å². The van der Waals surface area contributed by atoms with Crippen LogP contribution in [0.1, 0.15) is 31.9 Å². The predicted octanol–water partition coefficient (Wildman–Crippen LogP) is 2.91. The van der Waals surface area contributed by atoms with Gasteiger partial charge in [-0.2, -0.15) is 13.2 Å². The minimum absolute atomic E-state index is 0.0282. The van der Waals surface area contributed by atoms with E-state index >= 15 is 0 Å². The first-order valence-electron chi connectivity index (χ1n) is 6.92. The lowest BCUT2D eigenvalue weighted by Gasteiger charge is -2.27. The highest BCUT2D eigenvalue weighted by atomic mass is 19.4. The molecule has 0 radical (unpaired) electrons. The van der Waals surface area contributed by atoms with E-state index in [0.29, 0.717) is 5.56 Å². The quantitative estimate of drug-likeness (QED) is 0.782. The fourth-order valence-electron chi connectivity index (χ4n) is 1.57. The van der Waals surface area contributed by atoms with Crippen molar-refractivity contribution in [1.82, 2.24) is 10.6 Å². The van der Waals surface area contributed by atoms with Crippen LogP contribution in [0.3, 0.4) is 0 Å². The molecule has 3 N–H and O–H groups in total. The van der Waals surface area contributed by atoms with Crippen molar-refractivity contribution in [1.29, 1.82) is 0 Å². The van der Waals surface area contributed by atoms with Crippen molar-refractivity contribution in [2.75, 3.05) is 6.54 Å². The Kier molecular flexibility index (Phi) is 5.82. The van der Waals surface area contributed by atoms with Gasteiger partial charge in [0.1, 0.15) is 0 Å². The van der Waals surface area contributed by atoms with Crippen LogP contribution in [-0.4, -0.2) is 23.3 Å². The van der Waals surface area contributed by atoms with Gasteiger partial charge in [-0.3, -0.25) is 0 Å². The van der Waals surface area contributed by atoms with E-state index in [1.807, 2.05) is 13.8 Å². The van der Waals surface area contributed by atoms with E-state index in [2.05, 4.69) is 10.6 Å². The van der Waals surface area contributed by atoms with Crippen molar-refractivity contribution < 1.29 is 23.1 Å². The Bertz CT molecular complexity index is 514. The molecule has 0 spiro atoms. The van der Waals surface area contributed by atoms with Crippen molar-refractivity contribution in [2.24, 2.45) is 5.92 Å². The van der Waals surface area contributed by atoms with Gasteiger partial charge in [-0.1, -0.05) is 26.0 Å². The van der Waals surface area contributed by atoms with Gasteiger partial charge in [-0.15, -0.1) is 0 Å². The zero-order chi connectivity index (χ0) is 17.0. The lowest BCUT2D eigenvalue weighted by molar-refractivity contribution is -0.137. The summed E-state index contributed by atoms with van der Waals surface area (Å²) in [6.45, 7) is 5.27. The molecule has 1 aromatic rings. The van der Waals surface area contributed by atoms with Gasteiger partial charge in [0.2, 0.25) is 0 Å². The Morgan fingerprint density at radius 2 is 1.91 bits per heavy atom. The maximum Gasteiger partial charge on any atom is 0.416 e. The van der Waals surface area contributed by atoms with Gasteiger partial charge >= 0.3 is 12.2 Å². The Morgan fingerprint density at radius 1 is 1.27 bits per heavy atom. The molecule has 4 nitrogen and oxygen atoms in total. The second-order valence-corrected chi connectivity index (χ2v) is 5.75. The maximum absolute atomic E-state index is 12.6. The van der Waals surface area contributed by atoms with Crippen molar-refractivity contribution >= 4 is 6.03 Å². The predicted molar refractivity (Wildman–Crippen MR) is 77.1 cm³/mol. The van der Waals surface area contributed by atoms with Gasteiger partial charge in [0, 0.05) is 13.1 Å². The molecule has 1 unspecified atom stereocenters. The van der Waals surface area contributed by atoms with Crippen LogP contribution in [0.15, 0.2) is 24.3 Å². The van der Waals surface area contributed by atoms with Gasteiger partial charge in [-0.25, -0.2) is 4.79 Å². The molecular weight excluding hydrogens is 297 g/mol. The molecule has 1 atom stereocenters. The number of hydrogen-bond donors (Lipinski definition) is 3. The minimum Gasteiger partial charge on any atom is -0.388 e. The third kappa shape index (κ3) is 5.55. The third-order valence-electron chi connectivity index (χ3n) is 3.56. The third-order valence-corrected chi connectivity index (χ3v) is 3.56. The molecule has 124 valence electrons. The molecule has 0 aliphatic rings. The number of carbonyl (C=O) groups excluding carboxylic acids is 1. The van der Waals surface area contributed by atoms with Gasteiger partial charge in [0.25, 0.3) is 0 Å². The average Bonchev–Trinajstić information content (AvgIpc) is 2.42. The highest BCUT2D eigenvalue weighted by molar-refractivity contribution is 5.73. The summed E-state index contributed by atoms with van der Waals surface area (Å²) in [5.74, 6) is -0.0451. The molecule has 0 aliphatic carbocycles. The van der Waals surface area contributed by atoms with Gasteiger partial charge in [0.05, 0.1) is 11.2 Å². The highest BCUT2D eigenvalue weighted by Gasteiger charge is 2.30. The molecular formula is C15H21F3N2O2. The molecule has 0 saturated carbocycles. The number of carbonyl (C=O) groups is 1. The highest BCUT2D eigenvalue weighted by Crippen LogP contribution is 2.29. The molecule has 1 rings (SSSR count). The monoisotopic (exact) mass is 318 g/mol. The topological polar surface area (TPSA) is 61.4 Å². The van der Waals surface area contributed by atoms with Crippen molar-refractivity contribution in [2.45, 2.75) is 39.1 Å². The number of aliphatic hydroxyl groups is 1. The molecule has 0 bridgehead atoms. The number of nitrogens with one attached hydrogen (secondary N) is 2. The van der Waals surface area contributed by atoms with Gasteiger partial charge in [-0.05, 0) is 30.5 Å². The van der Waals surface area contributed by atoms with Crippen molar-refractivity contribution in [3.8, 4) is 0 Å². The first-order chi connectivity index (χ1) is 10.0. The smallest absolute Gasteiger partial charge is 0.388 e. The largest absolute Gasteiger partial charge is 0.416 e. The van der Waals surface area contributed by atoms with E-state index in [0.717, 1.165) is 12.1 Å². The van der Waals surface area contributed by atoms with E-state index in [1.165, 1.54) is 12.1 Å². The lowest BCUT2D eigenvalue weighted by atomic mass is 9.93. The van der Waals surface area contributed by atoms with Crippen LogP contribution in [0.5, 0.6) is 0 Å². The minimum atomic E-state index is -4.41. The summed E-state index contributed by atoms with van der Waals surface area (Å²) in [4.78, 5) is 11.6. The Balaban J connectivity index is 2.52. The Hall–Kier alpha value is -1.76. The number of halogens is 3. The fourth-order valence-corrected chi connectivity index (χ4v) is 1.57. The summed E-state index contributed by atoms with van der Waals surface area (Å²) < 4.78 is 37.7. The number of alkyl halides is 3. The van der Waals surface area contributed by atoms with E-state index in [1.54, 1.807) is 6.92 Å². The molecule has 0 aliphatic heterocycles. The Morgan fingerprint density at radius 3 is 2.45 bits per heavy atom. The summed E-state index contributed by atoms with van der Waals surface area (Å²) in [6, 6.07) is 4.22. The van der Waals surface area contributed by atoms with E-state index in [-0.39, 0.29) is 19.0 Å². The van der Waals surface area contributed by atoms with Gasteiger partial charge < -0.3 is 15.7 Å². The molecule has 1 aromatic carbocycles. The second kappa shape index (κ2) is 7.00. The van der Waals surface area contributed by atoms with Crippen LogP contribution in [0.4, 0.5) is 18.0 Å². The van der Waals surface area contributed by atoms with Crippen molar-refractivity contribution in [3.05, 3.63) is 35.4 Å². The first-order valence-corrected chi connectivity index (χ1v) is 6.92. The van der Waals surface area contributed by atoms with Crippen molar-refractivity contribution in [3.63, 3.8) is 0 Å². The SMILES string of the molecule is CC(C)C(C)(O)CNC(=O)NCc1cccc(C(F)(F)F)c1. The molecule has 22 heavy (non-hydrogen) atoms. The summed E-state index contributed by atoms with van der Waals surface area (Å²) in [7, 11) is 0. The molecule has 0 fully saturated rings. The van der Waals surface area contributed by atoms with Crippen LogP contribution in [-0.2, 0) is 12.7 Å². The van der Waals surface area contributed by atoms with E-state index in [9.17, 15) is 23.1 Å². The van der Waals surface area contributed by atoms with Crippen LogP contribution in [0.2, 0.25) is 0 Å². The number of rotatable bonds is 5. The zero-order valence-corrected chi connectivity index (χ0v) is 12.8.